The van der Waals surface area contributed by atoms with Gasteiger partial charge in [0.25, 0.3) is 5.91 Å². The van der Waals surface area contributed by atoms with E-state index in [1.54, 1.807) is 23.2 Å². The Morgan fingerprint density at radius 2 is 2.03 bits per heavy atom. The van der Waals surface area contributed by atoms with Crippen LogP contribution in [0, 0.1) is 18.3 Å². The van der Waals surface area contributed by atoms with Crippen LogP contribution in [-0.2, 0) is 0 Å². The molecular formula is C24H29N5O2. The first-order valence-electron chi connectivity index (χ1n) is 11.0. The van der Waals surface area contributed by atoms with Crippen LogP contribution in [0.5, 0.6) is 0 Å². The molecule has 1 aromatic heterocycles. The number of urea groups is 1. The second-order valence-corrected chi connectivity index (χ2v) is 9.70. The first kappa shape index (κ1) is 20.0. The van der Waals surface area contributed by atoms with Crippen molar-refractivity contribution in [2.45, 2.75) is 27.2 Å². The molecule has 7 nitrogen and oxygen atoms in total. The minimum atomic E-state index is -0.219. The number of anilines is 3. The van der Waals surface area contributed by atoms with Gasteiger partial charge >= 0.3 is 6.03 Å². The van der Waals surface area contributed by atoms with Crippen molar-refractivity contribution in [1.29, 1.82) is 0 Å². The Labute approximate surface area is 183 Å². The van der Waals surface area contributed by atoms with E-state index >= 15 is 0 Å². The van der Waals surface area contributed by atoms with Crippen molar-refractivity contribution in [3.05, 3.63) is 47.7 Å². The second-order valence-electron chi connectivity index (χ2n) is 9.70. The third-order valence-corrected chi connectivity index (χ3v) is 6.54. The summed E-state index contributed by atoms with van der Waals surface area (Å²) in [5.41, 5.74) is 2.80. The number of hydrogen-bond acceptors (Lipinski definition) is 4. The van der Waals surface area contributed by atoms with E-state index in [4.69, 9.17) is 0 Å². The Kier molecular flexibility index (Phi) is 4.73. The number of carbonyl (C=O) groups excluding carboxylic acids is 2. The van der Waals surface area contributed by atoms with Gasteiger partial charge in [0.1, 0.15) is 0 Å². The maximum atomic E-state index is 13.7. The highest BCUT2D eigenvalue weighted by Crippen LogP contribution is 2.43. The van der Waals surface area contributed by atoms with Crippen LogP contribution in [0.4, 0.5) is 22.0 Å². The summed E-state index contributed by atoms with van der Waals surface area (Å²) in [6, 6.07) is 9.05. The van der Waals surface area contributed by atoms with E-state index in [0.29, 0.717) is 28.7 Å². The van der Waals surface area contributed by atoms with Gasteiger partial charge in [-0.1, -0.05) is 25.5 Å². The zero-order chi connectivity index (χ0) is 21.8. The fourth-order valence-electron chi connectivity index (χ4n) is 5.20. The quantitative estimate of drug-likeness (QED) is 0.802. The highest BCUT2D eigenvalue weighted by molar-refractivity contribution is 6.17. The number of rotatable bonds is 2. The zero-order valence-electron chi connectivity index (χ0n) is 18.4. The van der Waals surface area contributed by atoms with E-state index in [1.165, 1.54) is 0 Å². The number of pyridine rings is 1. The van der Waals surface area contributed by atoms with Crippen molar-refractivity contribution in [3.8, 4) is 0 Å². The van der Waals surface area contributed by atoms with E-state index in [2.05, 4.69) is 29.0 Å². The molecule has 3 aliphatic rings. The first-order chi connectivity index (χ1) is 14.8. The summed E-state index contributed by atoms with van der Waals surface area (Å²) in [6.45, 7) is 11.2. The molecule has 0 radical (unpaired) electrons. The molecule has 0 saturated carbocycles. The normalized spacial score (nSPS) is 19.7. The molecule has 0 atom stereocenters. The molecule has 0 aliphatic carbocycles. The summed E-state index contributed by atoms with van der Waals surface area (Å²) < 4.78 is 0. The molecule has 1 spiro atoms. The van der Waals surface area contributed by atoms with Gasteiger partial charge in [-0.2, -0.15) is 0 Å². The van der Waals surface area contributed by atoms with E-state index in [9.17, 15) is 9.59 Å². The van der Waals surface area contributed by atoms with Crippen LogP contribution in [0.15, 0.2) is 36.5 Å². The molecule has 2 saturated heterocycles. The molecule has 31 heavy (non-hydrogen) atoms. The number of hydrogen-bond donors (Lipinski definition) is 1. The Hall–Kier alpha value is -2.93. The van der Waals surface area contributed by atoms with Crippen LogP contribution in [0.2, 0.25) is 0 Å². The van der Waals surface area contributed by atoms with Crippen molar-refractivity contribution >= 4 is 29.1 Å². The molecule has 162 valence electrons. The molecule has 2 fully saturated rings. The van der Waals surface area contributed by atoms with Gasteiger partial charge in [0.2, 0.25) is 0 Å². The van der Waals surface area contributed by atoms with Gasteiger partial charge in [0, 0.05) is 37.8 Å². The number of aromatic nitrogens is 1. The van der Waals surface area contributed by atoms with Gasteiger partial charge in [-0.15, -0.1) is 0 Å². The fourth-order valence-corrected chi connectivity index (χ4v) is 5.20. The van der Waals surface area contributed by atoms with Gasteiger partial charge in [0.15, 0.2) is 5.82 Å². The lowest BCUT2D eigenvalue weighted by Crippen LogP contribution is -2.62. The van der Waals surface area contributed by atoms with Crippen LogP contribution in [0.1, 0.15) is 36.2 Å². The maximum absolute atomic E-state index is 13.7. The topological polar surface area (TPSA) is 68.8 Å². The predicted octanol–water partition coefficient (Wildman–Crippen LogP) is 3.88. The van der Waals surface area contributed by atoms with Crippen LogP contribution in [-0.4, -0.2) is 59.4 Å². The SMILES string of the molecule is Cc1ccc2c(c1)C(=O)Nc1cccnc1N2C(=O)N1CC2(CCN(CC(C)C)C2)C1. The molecule has 3 aliphatic heterocycles. The number of aryl methyl sites for hydroxylation is 1. The van der Waals surface area contributed by atoms with Crippen molar-refractivity contribution in [3.63, 3.8) is 0 Å². The second kappa shape index (κ2) is 7.34. The summed E-state index contributed by atoms with van der Waals surface area (Å²) in [4.78, 5) is 37.1. The lowest BCUT2D eigenvalue weighted by atomic mass is 9.79. The van der Waals surface area contributed by atoms with Crippen LogP contribution >= 0.6 is 0 Å². The molecule has 1 N–H and O–H groups in total. The molecule has 0 unspecified atom stereocenters. The average molecular weight is 420 g/mol. The largest absolute Gasteiger partial charge is 0.330 e. The number of carbonyl (C=O) groups is 2. The number of nitrogens with zero attached hydrogens (tertiary/aromatic N) is 4. The molecule has 2 aromatic rings. The highest BCUT2D eigenvalue weighted by Gasteiger charge is 2.50. The average Bonchev–Trinajstić information content (AvgIpc) is 3.07. The van der Waals surface area contributed by atoms with Crippen molar-refractivity contribution in [2.24, 2.45) is 11.3 Å². The van der Waals surface area contributed by atoms with Crippen molar-refractivity contribution in [1.82, 2.24) is 14.8 Å². The molecule has 4 heterocycles. The minimum absolute atomic E-state index is 0.116. The zero-order valence-corrected chi connectivity index (χ0v) is 18.4. The molecule has 0 bridgehead atoms. The van der Waals surface area contributed by atoms with E-state index < -0.39 is 0 Å². The van der Waals surface area contributed by atoms with Crippen molar-refractivity contribution in [2.75, 3.05) is 42.9 Å². The molecular weight excluding hydrogens is 390 g/mol. The van der Waals surface area contributed by atoms with Gasteiger partial charge in [-0.3, -0.25) is 4.79 Å². The minimum Gasteiger partial charge on any atom is -0.323 e. The third kappa shape index (κ3) is 3.47. The van der Waals surface area contributed by atoms with E-state index in [1.807, 2.05) is 30.0 Å². The number of benzene rings is 1. The molecule has 7 heteroatoms. The predicted molar refractivity (Wildman–Crippen MR) is 121 cm³/mol. The fraction of sp³-hybridized carbons (Fsp3) is 0.458. The lowest BCUT2D eigenvalue weighted by Gasteiger charge is -2.49. The molecule has 1 aromatic carbocycles. The monoisotopic (exact) mass is 419 g/mol. The summed E-state index contributed by atoms with van der Waals surface area (Å²) in [5.74, 6) is 0.901. The van der Waals surface area contributed by atoms with Crippen molar-refractivity contribution < 1.29 is 9.59 Å². The van der Waals surface area contributed by atoms with E-state index in [0.717, 1.165) is 44.7 Å². The Morgan fingerprint density at radius 3 is 2.81 bits per heavy atom. The lowest BCUT2D eigenvalue weighted by molar-refractivity contribution is 0.0415. The molecule has 3 amide bonds. The number of fused-ring (bicyclic) bond motifs is 2. The van der Waals surface area contributed by atoms with Crippen LogP contribution in [0.25, 0.3) is 0 Å². The highest BCUT2D eigenvalue weighted by atomic mass is 16.2. The summed E-state index contributed by atoms with van der Waals surface area (Å²) >= 11 is 0. The Morgan fingerprint density at radius 1 is 1.23 bits per heavy atom. The number of nitrogens with one attached hydrogen (secondary N) is 1. The summed E-state index contributed by atoms with van der Waals surface area (Å²) in [7, 11) is 0. The van der Waals surface area contributed by atoms with Crippen LogP contribution < -0.4 is 10.2 Å². The Bertz CT molecular complexity index is 1040. The summed E-state index contributed by atoms with van der Waals surface area (Å²) in [5, 5.41) is 2.92. The maximum Gasteiger partial charge on any atom is 0.330 e. The van der Waals surface area contributed by atoms with E-state index in [-0.39, 0.29) is 17.4 Å². The van der Waals surface area contributed by atoms with Gasteiger partial charge in [-0.05, 0) is 50.1 Å². The smallest absolute Gasteiger partial charge is 0.323 e. The Balaban J connectivity index is 1.43. The third-order valence-electron chi connectivity index (χ3n) is 6.54. The van der Waals surface area contributed by atoms with Gasteiger partial charge in [0.05, 0.1) is 16.9 Å². The first-order valence-corrected chi connectivity index (χ1v) is 11.0. The van der Waals surface area contributed by atoms with Crippen LogP contribution in [0.3, 0.4) is 0 Å². The summed E-state index contributed by atoms with van der Waals surface area (Å²) in [6.07, 6.45) is 2.79. The molecule has 5 rings (SSSR count). The van der Waals surface area contributed by atoms with Gasteiger partial charge in [-0.25, -0.2) is 14.7 Å². The van der Waals surface area contributed by atoms with Gasteiger partial charge < -0.3 is 15.1 Å². The number of amides is 3. The number of likely N-dealkylation sites (tertiary alicyclic amines) is 2. The standard InChI is InChI=1S/C24H29N5O2/c1-16(2)12-27-10-8-24(13-27)14-28(15-24)23(31)29-20-7-6-17(3)11-18(20)22(30)26-19-5-4-9-25-21(19)29/h4-7,9,11,16H,8,10,12-15H2,1-3H3,(H,26,30).